The third-order valence-electron chi connectivity index (χ3n) is 3.00. The van der Waals surface area contributed by atoms with Crippen molar-refractivity contribution in [3.05, 3.63) is 0 Å². The Labute approximate surface area is 68.2 Å². The highest BCUT2D eigenvalue weighted by atomic mass is 16.3. The van der Waals surface area contributed by atoms with Crippen molar-refractivity contribution < 1.29 is 5.11 Å². The second-order valence-electron chi connectivity index (χ2n) is 4.33. The summed E-state index contributed by atoms with van der Waals surface area (Å²) >= 11 is 0. The van der Waals surface area contributed by atoms with E-state index in [0.717, 1.165) is 12.0 Å². The minimum atomic E-state index is -0.149. The molecular formula is C9H17NO. The number of nitrogens with zero attached hydrogens (tertiary/aromatic N) is 1. The molecule has 1 saturated carbocycles. The van der Waals surface area contributed by atoms with E-state index < -0.39 is 0 Å². The smallest absolute Gasteiger partial charge is 0.0639 e. The van der Waals surface area contributed by atoms with Crippen LogP contribution in [0.25, 0.3) is 0 Å². The summed E-state index contributed by atoms with van der Waals surface area (Å²) in [7, 11) is 0. The second kappa shape index (κ2) is 2.46. The maximum Gasteiger partial charge on any atom is 0.0639 e. The van der Waals surface area contributed by atoms with Gasteiger partial charge in [0.2, 0.25) is 0 Å². The number of hydrogen-bond acceptors (Lipinski definition) is 2. The van der Waals surface area contributed by atoms with E-state index >= 15 is 0 Å². The molecule has 2 fully saturated rings. The first kappa shape index (κ1) is 7.56. The molecule has 64 valence electrons. The fourth-order valence-electron chi connectivity index (χ4n) is 2.14. The van der Waals surface area contributed by atoms with Crippen LogP contribution >= 0.6 is 0 Å². The molecule has 1 heterocycles. The number of β-amino-alcohol motifs (C(OH)–C–C–N with tert-alkyl or cyclic N) is 1. The fraction of sp³-hybridized carbons (Fsp3) is 1.00. The highest BCUT2D eigenvalue weighted by Crippen LogP contribution is 2.52. The Bertz CT molecular complexity index is 152. The lowest BCUT2D eigenvalue weighted by Crippen LogP contribution is -2.29. The summed E-state index contributed by atoms with van der Waals surface area (Å²) < 4.78 is 0. The Hall–Kier alpha value is -0.0800. The van der Waals surface area contributed by atoms with E-state index in [1.807, 2.05) is 6.92 Å². The molecule has 11 heavy (non-hydrogen) atoms. The lowest BCUT2D eigenvalue weighted by atomic mass is 10.1. The normalized spacial score (nSPS) is 31.1. The number of aliphatic hydroxyl groups is 1. The summed E-state index contributed by atoms with van der Waals surface area (Å²) in [6.45, 7) is 5.21. The molecule has 2 nitrogen and oxygen atoms in total. The van der Waals surface area contributed by atoms with Gasteiger partial charge < -0.3 is 10.0 Å². The summed E-state index contributed by atoms with van der Waals surface area (Å²) in [6, 6.07) is 0. The summed E-state index contributed by atoms with van der Waals surface area (Å²) in [5.41, 5.74) is 0.717. The molecule has 0 radical (unpaired) electrons. The zero-order valence-electron chi connectivity index (χ0n) is 7.21. The molecule has 1 N–H and O–H groups in total. The molecule has 2 heteroatoms. The van der Waals surface area contributed by atoms with Gasteiger partial charge in [-0.1, -0.05) is 0 Å². The van der Waals surface area contributed by atoms with Gasteiger partial charge in [0.05, 0.1) is 6.10 Å². The third kappa shape index (κ3) is 1.57. The predicted octanol–water partition coefficient (Wildman–Crippen LogP) is 0.853. The molecule has 0 aromatic heterocycles. The van der Waals surface area contributed by atoms with E-state index in [4.69, 9.17) is 5.11 Å². The van der Waals surface area contributed by atoms with Gasteiger partial charge in [-0.15, -0.1) is 0 Å². The highest BCUT2D eigenvalue weighted by molar-refractivity contribution is 5.00. The maximum absolute atomic E-state index is 9.16. The first-order valence-corrected chi connectivity index (χ1v) is 4.61. The maximum atomic E-state index is 9.16. The van der Waals surface area contributed by atoms with Crippen LogP contribution in [-0.4, -0.2) is 35.7 Å². The van der Waals surface area contributed by atoms with Gasteiger partial charge in [0.15, 0.2) is 0 Å². The summed E-state index contributed by atoms with van der Waals surface area (Å²) in [4.78, 5) is 2.40. The molecule has 0 bridgehead atoms. The molecule has 2 rings (SSSR count). The monoisotopic (exact) mass is 155 g/mol. The van der Waals surface area contributed by atoms with Crippen LogP contribution in [-0.2, 0) is 0 Å². The molecule has 0 aromatic rings. The highest BCUT2D eigenvalue weighted by Gasteiger charge is 2.47. The molecule has 0 amide bonds. The van der Waals surface area contributed by atoms with Crippen LogP contribution in [0.3, 0.4) is 0 Å². The minimum Gasteiger partial charge on any atom is -0.392 e. The zero-order chi connectivity index (χ0) is 7.90. The number of aliphatic hydroxyl groups excluding tert-OH is 1. The summed E-state index contributed by atoms with van der Waals surface area (Å²) in [6.07, 6.45) is 4.09. The van der Waals surface area contributed by atoms with E-state index in [2.05, 4.69) is 4.90 Å². The first-order chi connectivity index (χ1) is 5.20. The largest absolute Gasteiger partial charge is 0.392 e. The van der Waals surface area contributed by atoms with Crippen molar-refractivity contribution in [1.29, 1.82) is 0 Å². The first-order valence-electron chi connectivity index (χ1n) is 4.61. The lowest BCUT2D eigenvalue weighted by molar-refractivity contribution is 0.138. The van der Waals surface area contributed by atoms with Crippen molar-refractivity contribution in [3.63, 3.8) is 0 Å². The molecular weight excluding hydrogens is 138 g/mol. The molecule has 0 unspecified atom stereocenters. The van der Waals surface area contributed by atoms with Crippen LogP contribution in [0.2, 0.25) is 0 Å². The van der Waals surface area contributed by atoms with Crippen LogP contribution in [0.4, 0.5) is 0 Å². The molecule has 1 aliphatic heterocycles. The average molecular weight is 155 g/mol. The molecule has 0 aromatic carbocycles. The van der Waals surface area contributed by atoms with Crippen LogP contribution in [0.5, 0.6) is 0 Å². The van der Waals surface area contributed by atoms with E-state index in [9.17, 15) is 0 Å². The van der Waals surface area contributed by atoms with Crippen molar-refractivity contribution in [2.24, 2.45) is 5.41 Å². The van der Waals surface area contributed by atoms with Gasteiger partial charge in [0, 0.05) is 13.1 Å². The minimum absolute atomic E-state index is 0.149. The Morgan fingerprint density at radius 2 is 2.18 bits per heavy atom. The van der Waals surface area contributed by atoms with Gasteiger partial charge in [0.25, 0.3) is 0 Å². The Morgan fingerprint density at radius 3 is 2.64 bits per heavy atom. The van der Waals surface area contributed by atoms with Gasteiger partial charge in [0.1, 0.15) is 0 Å². The molecule has 1 atom stereocenters. The Balaban J connectivity index is 1.80. The van der Waals surface area contributed by atoms with Crippen molar-refractivity contribution in [2.45, 2.75) is 32.3 Å². The quantitative estimate of drug-likeness (QED) is 0.639. The fourth-order valence-corrected chi connectivity index (χ4v) is 2.14. The molecule has 1 aliphatic carbocycles. The Kier molecular flexibility index (Phi) is 1.69. The SMILES string of the molecule is C[C@@H](O)CN1CCC2(CC2)C1. The zero-order valence-corrected chi connectivity index (χ0v) is 7.21. The van der Waals surface area contributed by atoms with Crippen molar-refractivity contribution >= 4 is 0 Å². The van der Waals surface area contributed by atoms with E-state index in [-0.39, 0.29) is 6.10 Å². The van der Waals surface area contributed by atoms with Gasteiger partial charge in [-0.05, 0) is 38.1 Å². The van der Waals surface area contributed by atoms with Gasteiger partial charge >= 0.3 is 0 Å². The van der Waals surface area contributed by atoms with Gasteiger partial charge in [-0.3, -0.25) is 0 Å². The molecule has 1 spiro atoms. The van der Waals surface area contributed by atoms with E-state index in [1.165, 1.54) is 32.4 Å². The number of hydrogen-bond donors (Lipinski definition) is 1. The van der Waals surface area contributed by atoms with Crippen LogP contribution in [0.15, 0.2) is 0 Å². The van der Waals surface area contributed by atoms with Crippen molar-refractivity contribution in [3.8, 4) is 0 Å². The Morgan fingerprint density at radius 1 is 1.45 bits per heavy atom. The second-order valence-corrected chi connectivity index (χ2v) is 4.33. The van der Waals surface area contributed by atoms with Crippen LogP contribution < -0.4 is 0 Å². The topological polar surface area (TPSA) is 23.5 Å². The van der Waals surface area contributed by atoms with E-state index in [0.29, 0.717) is 0 Å². The molecule has 1 saturated heterocycles. The third-order valence-corrected chi connectivity index (χ3v) is 3.00. The van der Waals surface area contributed by atoms with E-state index in [1.54, 1.807) is 0 Å². The van der Waals surface area contributed by atoms with Crippen molar-refractivity contribution in [1.82, 2.24) is 4.90 Å². The van der Waals surface area contributed by atoms with Gasteiger partial charge in [-0.2, -0.15) is 0 Å². The standard InChI is InChI=1S/C9H17NO/c1-8(11)6-10-5-4-9(7-10)2-3-9/h8,11H,2-7H2,1H3/t8-/m1/s1. The summed E-state index contributed by atoms with van der Waals surface area (Å²) in [5, 5.41) is 9.16. The molecule has 2 aliphatic rings. The number of rotatable bonds is 2. The number of likely N-dealkylation sites (tertiary alicyclic amines) is 1. The lowest BCUT2D eigenvalue weighted by Gasteiger charge is -2.16. The van der Waals surface area contributed by atoms with Crippen LogP contribution in [0.1, 0.15) is 26.2 Å². The summed E-state index contributed by atoms with van der Waals surface area (Å²) in [5.74, 6) is 0. The average Bonchev–Trinajstić information content (AvgIpc) is 2.51. The van der Waals surface area contributed by atoms with Crippen LogP contribution in [0, 0.1) is 5.41 Å². The van der Waals surface area contributed by atoms with Gasteiger partial charge in [-0.25, -0.2) is 0 Å². The van der Waals surface area contributed by atoms with Crippen molar-refractivity contribution in [2.75, 3.05) is 19.6 Å². The predicted molar refractivity (Wildman–Crippen MR) is 44.4 cm³/mol.